The number of allylic oxidation sites excluding steroid dienone is 1. The smallest absolute Gasteiger partial charge is 0.302 e. The monoisotopic (exact) mass is 535 g/mol. The number of nitrogens with one attached hydrogen (secondary N) is 3. The lowest BCUT2D eigenvalue weighted by Crippen LogP contribution is -2.37. The molecule has 0 saturated heterocycles. The van der Waals surface area contributed by atoms with Crippen LogP contribution in [0.1, 0.15) is 18.5 Å². The highest BCUT2D eigenvalue weighted by Gasteiger charge is 2.31. The van der Waals surface area contributed by atoms with Crippen LogP contribution in [0.5, 0.6) is 0 Å². The number of rotatable bonds is 4. The van der Waals surface area contributed by atoms with Gasteiger partial charge in [-0.1, -0.05) is 70.0 Å². The number of hydrogen-bond acceptors (Lipinski definition) is 6. The van der Waals surface area contributed by atoms with Crippen molar-refractivity contribution in [3.63, 3.8) is 0 Å². The molecule has 4 aromatic rings. The number of anilines is 2. The van der Waals surface area contributed by atoms with E-state index in [1.165, 1.54) is 0 Å². The second-order valence-corrected chi connectivity index (χ2v) is 8.87. The Hall–Kier alpha value is -3.62. The quantitative estimate of drug-likeness (QED) is 0.286. The number of carbonyl (C=O) groups excluding carboxylic acids is 1. The summed E-state index contributed by atoms with van der Waals surface area (Å²) in [7, 11) is 0. The van der Waals surface area contributed by atoms with Crippen LogP contribution in [0.2, 0.25) is 5.02 Å². The number of para-hydroxylation sites is 3. The highest BCUT2D eigenvalue weighted by atomic mass is 79.9. The van der Waals surface area contributed by atoms with Gasteiger partial charge in [-0.15, -0.1) is 0 Å². The first kappa shape index (κ1) is 22.2. The summed E-state index contributed by atoms with van der Waals surface area (Å²) in [6, 6.07) is 22.0. The van der Waals surface area contributed by atoms with Crippen molar-refractivity contribution in [3.8, 4) is 0 Å². The maximum absolute atomic E-state index is 13.4. The Kier molecular flexibility index (Phi) is 6.08. The predicted octanol–water partition coefficient (Wildman–Crippen LogP) is 6.27. The molecule has 2 heterocycles. The fourth-order valence-corrected chi connectivity index (χ4v) is 4.42. The Bertz CT molecular complexity index is 1430. The molecule has 0 saturated carbocycles. The molecule has 9 heteroatoms. The molecule has 1 aromatic heterocycles. The van der Waals surface area contributed by atoms with Gasteiger partial charge in [0.2, 0.25) is 5.96 Å². The van der Waals surface area contributed by atoms with E-state index in [-0.39, 0.29) is 5.91 Å². The van der Waals surface area contributed by atoms with Crippen LogP contribution < -0.4 is 16.0 Å². The van der Waals surface area contributed by atoms with Crippen LogP contribution in [-0.2, 0) is 4.79 Å². The molecule has 0 radical (unpaired) electrons. The van der Waals surface area contributed by atoms with E-state index in [0.717, 1.165) is 15.6 Å². The van der Waals surface area contributed by atoms with Gasteiger partial charge in [-0.25, -0.2) is 4.99 Å². The Morgan fingerprint density at radius 1 is 1.06 bits per heavy atom. The van der Waals surface area contributed by atoms with Gasteiger partial charge in [-0.05, 0) is 42.8 Å². The number of aliphatic imine (C=N–C) groups is 1. The third-order valence-corrected chi connectivity index (χ3v) is 6.38. The maximum atomic E-state index is 13.4. The van der Waals surface area contributed by atoms with Gasteiger partial charge in [0.1, 0.15) is 11.6 Å². The van der Waals surface area contributed by atoms with Crippen LogP contribution in [0.4, 0.5) is 11.7 Å². The first-order valence-corrected chi connectivity index (χ1v) is 11.6. The molecule has 0 fully saturated rings. The predicted molar refractivity (Wildman–Crippen MR) is 138 cm³/mol. The summed E-state index contributed by atoms with van der Waals surface area (Å²) in [6.45, 7) is 1.83. The first-order valence-electron chi connectivity index (χ1n) is 10.5. The number of oxazole rings is 1. The van der Waals surface area contributed by atoms with E-state index in [9.17, 15) is 4.79 Å². The Morgan fingerprint density at radius 3 is 2.59 bits per heavy atom. The van der Waals surface area contributed by atoms with Crippen LogP contribution in [0.3, 0.4) is 0 Å². The lowest BCUT2D eigenvalue weighted by Gasteiger charge is -2.27. The highest BCUT2D eigenvalue weighted by molar-refractivity contribution is 9.10. The maximum Gasteiger partial charge on any atom is 0.302 e. The Balaban J connectivity index is 1.50. The molecular formula is C25H19BrClN5O2. The Morgan fingerprint density at radius 2 is 1.79 bits per heavy atom. The zero-order valence-corrected chi connectivity index (χ0v) is 20.3. The molecule has 3 aromatic carbocycles. The first-order chi connectivity index (χ1) is 16.5. The van der Waals surface area contributed by atoms with Gasteiger partial charge in [-0.2, -0.15) is 4.98 Å². The van der Waals surface area contributed by atoms with Crippen molar-refractivity contribution in [2.24, 2.45) is 4.99 Å². The number of fused-ring (bicyclic) bond motifs is 1. The molecule has 1 atom stereocenters. The molecule has 0 bridgehead atoms. The summed E-state index contributed by atoms with van der Waals surface area (Å²) >= 11 is 9.86. The van der Waals surface area contributed by atoms with Gasteiger partial charge in [0.05, 0.1) is 16.3 Å². The molecule has 0 aliphatic carbocycles. The van der Waals surface area contributed by atoms with Gasteiger partial charge in [0.15, 0.2) is 5.58 Å². The van der Waals surface area contributed by atoms with E-state index in [2.05, 4.69) is 36.9 Å². The average Bonchev–Trinajstić information content (AvgIpc) is 3.22. The van der Waals surface area contributed by atoms with Gasteiger partial charge in [-0.3, -0.25) is 10.1 Å². The van der Waals surface area contributed by atoms with Gasteiger partial charge < -0.3 is 15.1 Å². The van der Waals surface area contributed by atoms with Crippen molar-refractivity contribution in [1.82, 2.24) is 10.3 Å². The molecule has 1 aliphatic rings. The summed E-state index contributed by atoms with van der Waals surface area (Å²) in [5.41, 5.74) is 3.87. The number of guanidine groups is 1. The van der Waals surface area contributed by atoms with E-state index in [4.69, 9.17) is 21.0 Å². The average molecular weight is 537 g/mol. The van der Waals surface area contributed by atoms with Crippen LogP contribution in [-0.4, -0.2) is 16.9 Å². The van der Waals surface area contributed by atoms with Crippen molar-refractivity contribution in [3.05, 3.63) is 99.1 Å². The zero-order valence-electron chi connectivity index (χ0n) is 18.0. The molecule has 1 amide bonds. The number of halogens is 2. The summed E-state index contributed by atoms with van der Waals surface area (Å²) in [6.07, 6.45) is 0. The van der Waals surface area contributed by atoms with Crippen LogP contribution >= 0.6 is 27.5 Å². The molecule has 1 aliphatic heterocycles. The van der Waals surface area contributed by atoms with E-state index in [0.29, 0.717) is 39.5 Å². The van der Waals surface area contributed by atoms with Gasteiger partial charge in [0, 0.05) is 10.2 Å². The van der Waals surface area contributed by atoms with Crippen molar-refractivity contribution in [2.75, 3.05) is 10.6 Å². The van der Waals surface area contributed by atoms with Crippen LogP contribution in [0, 0.1) is 0 Å². The molecular weight excluding hydrogens is 518 g/mol. The molecule has 0 spiro atoms. The number of amides is 1. The second kappa shape index (κ2) is 9.32. The summed E-state index contributed by atoms with van der Waals surface area (Å²) in [5.74, 6) is 0.114. The minimum Gasteiger partial charge on any atom is -0.423 e. The van der Waals surface area contributed by atoms with Gasteiger partial charge in [0.25, 0.3) is 5.91 Å². The fourth-order valence-electron chi connectivity index (χ4n) is 3.74. The molecule has 5 rings (SSSR count). The summed E-state index contributed by atoms with van der Waals surface area (Å²) in [4.78, 5) is 22.7. The second-order valence-electron chi connectivity index (χ2n) is 7.61. The van der Waals surface area contributed by atoms with Crippen molar-refractivity contribution in [1.29, 1.82) is 0 Å². The van der Waals surface area contributed by atoms with E-state index in [1.54, 1.807) is 12.1 Å². The molecule has 1 unspecified atom stereocenters. The topological polar surface area (TPSA) is 91.5 Å². The third-order valence-electron chi connectivity index (χ3n) is 5.33. The van der Waals surface area contributed by atoms with Crippen LogP contribution in [0.25, 0.3) is 11.1 Å². The number of aromatic nitrogens is 1. The van der Waals surface area contributed by atoms with E-state index >= 15 is 0 Å². The van der Waals surface area contributed by atoms with Crippen molar-refractivity contribution in [2.45, 2.75) is 13.0 Å². The van der Waals surface area contributed by atoms with E-state index < -0.39 is 6.04 Å². The molecule has 34 heavy (non-hydrogen) atoms. The zero-order chi connectivity index (χ0) is 23.7. The normalized spacial score (nSPS) is 15.6. The molecule has 170 valence electrons. The summed E-state index contributed by atoms with van der Waals surface area (Å²) in [5, 5.41) is 9.63. The SMILES string of the molecule is CC1=C(C(=O)Nc2ccccc2Cl)C(c2ccccc2Br)N=C(Nc2nc3ccccc3o2)N1. The minimum atomic E-state index is -0.591. The standard InChI is InChI=1S/C25H19BrClN5O2/c1-14-21(23(33)29-18-11-5-4-10-17(18)27)22(15-8-2-3-9-16(15)26)31-24(28-14)32-25-30-19-12-6-7-13-20(19)34-25/h2-13,22H,1H3,(H,29,33)(H2,28,30,31,32). The minimum absolute atomic E-state index is 0.301. The Labute approximate surface area is 209 Å². The number of hydrogen-bond donors (Lipinski definition) is 3. The number of carbonyl (C=O) groups is 1. The summed E-state index contributed by atoms with van der Waals surface area (Å²) < 4.78 is 6.61. The lowest BCUT2D eigenvalue weighted by atomic mass is 9.95. The number of nitrogens with zero attached hydrogens (tertiary/aromatic N) is 2. The fraction of sp³-hybridized carbons (Fsp3) is 0.0800. The lowest BCUT2D eigenvalue weighted by molar-refractivity contribution is -0.113. The third kappa shape index (κ3) is 4.42. The highest BCUT2D eigenvalue weighted by Crippen LogP contribution is 2.36. The van der Waals surface area contributed by atoms with Crippen molar-refractivity contribution >= 4 is 62.2 Å². The molecule has 7 nitrogen and oxygen atoms in total. The van der Waals surface area contributed by atoms with E-state index in [1.807, 2.05) is 67.6 Å². The van der Waals surface area contributed by atoms with Crippen molar-refractivity contribution < 1.29 is 9.21 Å². The molecule has 3 N–H and O–H groups in total. The van der Waals surface area contributed by atoms with Crippen LogP contribution in [0.15, 0.2) is 97.9 Å². The number of benzene rings is 3. The van der Waals surface area contributed by atoms with Gasteiger partial charge >= 0.3 is 6.01 Å². The largest absolute Gasteiger partial charge is 0.423 e.